The molecule has 0 amide bonds. The summed E-state index contributed by atoms with van der Waals surface area (Å²) in [7, 11) is 1.56. The quantitative estimate of drug-likeness (QED) is 0.693. The fourth-order valence-corrected chi connectivity index (χ4v) is 1.11. The fourth-order valence-electron chi connectivity index (χ4n) is 1.11. The van der Waals surface area contributed by atoms with Crippen molar-refractivity contribution < 1.29 is 9.84 Å². The molecule has 3 heteroatoms. The van der Waals surface area contributed by atoms with Crippen LogP contribution in [0.5, 0.6) is 11.5 Å². The lowest BCUT2D eigenvalue weighted by Crippen LogP contribution is -2.07. The topological polar surface area (TPSA) is 55.5 Å². The van der Waals surface area contributed by atoms with E-state index in [1.807, 2.05) is 0 Å². The molecule has 0 saturated carbocycles. The van der Waals surface area contributed by atoms with Crippen LogP contribution in [0.4, 0.5) is 0 Å². The van der Waals surface area contributed by atoms with Gasteiger partial charge in [-0.2, -0.15) is 0 Å². The van der Waals surface area contributed by atoms with Crippen molar-refractivity contribution in [3.63, 3.8) is 0 Å². The summed E-state index contributed by atoms with van der Waals surface area (Å²) < 4.78 is 5.08. The Kier molecular flexibility index (Phi) is 2.93. The molecule has 0 saturated heterocycles. The lowest BCUT2D eigenvalue weighted by molar-refractivity contribution is 0.405. The minimum atomic E-state index is -0.318. The van der Waals surface area contributed by atoms with Crippen LogP contribution in [0, 0.1) is 0 Å². The number of phenolic OH excluding ortho intramolecular Hbond substituents is 1. The molecule has 1 rings (SSSR count). The van der Waals surface area contributed by atoms with Crippen LogP contribution in [0.2, 0.25) is 0 Å². The first-order valence-electron chi connectivity index (χ1n) is 3.94. The van der Waals surface area contributed by atoms with Crippen LogP contribution in [0.3, 0.4) is 0 Å². The SMILES string of the molecule is C=C[C@H](N)c1cc(O)ccc1OC. The summed E-state index contributed by atoms with van der Waals surface area (Å²) in [5, 5.41) is 9.23. The van der Waals surface area contributed by atoms with E-state index in [1.165, 1.54) is 0 Å². The molecule has 0 unspecified atom stereocenters. The highest BCUT2D eigenvalue weighted by molar-refractivity contribution is 5.42. The number of hydrogen-bond donors (Lipinski definition) is 2. The first-order valence-corrected chi connectivity index (χ1v) is 3.94. The fraction of sp³-hybridized carbons (Fsp3) is 0.200. The third-order valence-electron chi connectivity index (χ3n) is 1.83. The van der Waals surface area contributed by atoms with Gasteiger partial charge in [-0.25, -0.2) is 0 Å². The molecule has 0 bridgehead atoms. The predicted molar refractivity (Wildman–Crippen MR) is 51.8 cm³/mol. The number of hydrogen-bond acceptors (Lipinski definition) is 3. The molecular weight excluding hydrogens is 166 g/mol. The Balaban J connectivity index is 3.14. The Hall–Kier alpha value is -1.48. The van der Waals surface area contributed by atoms with Crippen molar-refractivity contribution in [2.45, 2.75) is 6.04 Å². The monoisotopic (exact) mass is 179 g/mol. The van der Waals surface area contributed by atoms with E-state index in [0.29, 0.717) is 5.75 Å². The van der Waals surface area contributed by atoms with Gasteiger partial charge >= 0.3 is 0 Å². The second-order valence-electron chi connectivity index (χ2n) is 2.69. The molecule has 0 aromatic heterocycles. The van der Waals surface area contributed by atoms with E-state index < -0.39 is 0 Å². The van der Waals surface area contributed by atoms with Gasteiger partial charge in [0, 0.05) is 5.56 Å². The molecule has 0 fully saturated rings. The highest BCUT2D eigenvalue weighted by Gasteiger charge is 2.08. The summed E-state index contributed by atoms with van der Waals surface area (Å²) >= 11 is 0. The summed E-state index contributed by atoms with van der Waals surface area (Å²) in [5.41, 5.74) is 6.46. The number of rotatable bonds is 3. The van der Waals surface area contributed by atoms with Crippen molar-refractivity contribution in [1.29, 1.82) is 0 Å². The van der Waals surface area contributed by atoms with E-state index in [1.54, 1.807) is 31.4 Å². The molecule has 13 heavy (non-hydrogen) atoms. The lowest BCUT2D eigenvalue weighted by Gasteiger charge is -2.12. The van der Waals surface area contributed by atoms with E-state index in [2.05, 4.69) is 6.58 Å². The van der Waals surface area contributed by atoms with Crippen molar-refractivity contribution in [3.8, 4) is 11.5 Å². The third kappa shape index (κ3) is 2.00. The number of phenols is 1. The third-order valence-corrected chi connectivity index (χ3v) is 1.83. The Morgan fingerprint density at radius 2 is 2.31 bits per heavy atom. The molecule has 3 nitrogen and oxygen atoms in total. The zero-order valence-electron chi connectivity index (χ0n) is 7.53. The normalized spacial score (nSPS) is 12.2. The standard InChI is InChI=1S/C10H13NO2/c1-3-9(11)8-6-7(12)4-5-10(8)13-2/h3-6,9,12H,1,11H2,2H3/t9-/m0/s1. The first-order chi connectivity index (χ1) is 6.19. The van der Waals surface area contributed by atoms with Gasteiger partial charge in [0.2, 0.25) is 0 Å². The highest BCUT2D eigenvalue weighted by Crippen LogP contribution is 2.27. The largest absolute Gasteiger partial charge is 0.508 e. The van der Waals surface area contributed by atoms with Crippen molar-refractivity contribution in [3.05, 3.63) is 36.4 Å². The number of benzene rings is 1. The van der Waals surface area contributed by atoms with Crippen LogP contribution in [-0.2, 0) is 0 Å². The molecule has 1 aromatic carbocycles. The van der Waals surface area contributed by atoms with Crippen molar-refractivity contribution in [1.82, 2.24) is 0 Å². The average molecular weight is 179 g/mol. The van der Waals surface area contributed by atoms with Gasteiger partial charge < -0.3 is 15.6 Å². The second-order valence-corrected chi connectivity index (χ2v) is 2.69. The van der Waals surface area contributed by atoms with Gasteiger partial charge in [0.05, 0.1) is 13.2 Å². The minimum absolute atomic E-state index is 0.174. The zero-order valence-corrected chi connectivity index (χ0v) is 7.53. The second kappa shape index (κ2) is 3.96. The van der Waals surface area contributed by atoms with Gasteiger partial charge in [-0.15, -0.1) is 6.58 Å². The minimum Gasteiger partial charge on any atom is -0.508 e. The molecule has 1 atom stereocenters. The van der Waals surface area contributed by atoms with Gasteiger partial charge in [0.25, 0.3) is 0 Å². The van der Waals surface area contributed by atoms with Crippen LogP contribution >= 0.6 is 0 Å². The van der Waals surface area contributed by atoms with Crippen LogP contribution in [0.1, 0.15) is 11.6 Å². The van der Waals surface area contributed by atoms with Crippen LogP contribution in [-0.4, -0.2) is 12.2 Å². The van der Waals surface area contributed by atoms with Gasteiger partial charge in [-0.3, -0.25) is 0 Å². The Morgan fingerprint density at radius 3 is 2.85 bits per heavy atom. The number of methoxy groups -OCH3 is 1. The van der Waals surface area contributed by atoms with E-state index in [0.717, 1.165) is 5.56 Å². The summed E-state index contributed by atoms with van der Waals surface area (Å²) in [6, 6.07) is 4.49. The molecule has 0 radical (unpaired) electrons. The maximum atomic E-state index is 9.23. The first kappa shape index (κ1) is 9.61. The number of ether oxygens (including phenoxy) is 1. The van der Waals surface area contributed by atoms with E-state index in [9.17, 15) is 5.11 Å². The molecule has 70 valence electrons. The molecule has 0 aliphatic carbocycles. The number of nitrogens with two attached hydrogens (primary N) is 1. The van der Waals surface area contributed by atoms with Crippen molar-refractivity contribution >= 4 is 0 Å². The Labute approximate surface area is 77.4 Å². The number of aromatic hydroxyl groups is 1. The van der Waals surface area contributed by atoms with E-state index in [-0.39, 0.29) is 11.8 Å². The lowest BCUT2D eigenvalue weighted by atomic mass is 10.1. The van der Waals surface area contributed by atoms with Crippen LogP contribution in [0.15, 0.2) is 30.9 Å². The van der Waals surface area contributed by atoms with Crippen LogP contribution < -0.4 is 10.5 Å². The predicted octanol–water partition coefficient (Wildman–Crippen LogP) is 1.59. The molecular formula is C10H13NO2. The average Bonchev–Trinajstić information content (AvgIpc) is 2.16. The van der Waals surface area contributed by atoms with Gasteiger partial charge in [-0.1, -0.05) is 6.08 Å². The molecule has 3 N–H and O–H groups in total. The van der Waals surface area contributed by atoms with Crippen molar-refractivity contribution in [2.24, 2.45) is 5.73 Å². The summed E-state index contributed by atoms with van der Waals surface area (Å²) in [4.78, 5) is 0. The summed E-state index contributed by atoms with van der Waals surface area (Å²) in [5.74, 6) is 0.832. The summed E-state index contributed by atoms with van der Waals surface area (Å²) in [6.45, 7) is 3.58. The smallest absolute Gasteiger partial charge is 0.124 e. The Bertz CT molecular complexity index is 310. The zero-order chi connectivity index (χ0) is 9.84. The van der Waals surface area contributed by atoms with Gasteiger partial charge in [-0.05, 0) is 18.2 Å². The molecule has 0 heterocycles. The van der Waals surface area contributed by atoms with E-state index in [4.69, 9.17) is 10.5 Å². The maximum Gasteiger partial charge on any atom is 0.124 e. The van der Waals surface area contributed by atoms with Crippen molar-refractivity contribution in [2.75, 3.05) is 7.11 Å². The Morgan fingerprint density at radius 1 is 1.62 bits per heavy atom. The molecule has 0 aliphatic rings. The van der Waals surface area contributed by atoms with E-state index >= 15 is 0 Å². The maximum absolute atomic E-state index is 9.23. The molecule has 0 spiro atoms. The van der Waals surface area contributed by atoms with Gasteiger partial charge in [0.15, 0.2) is 0 Å². The molecule has 1 aromatic rings. The summed E-state index contributed by atoms with van der Waals surface area (Å²) in [6.07, 6.45) is 1.59. The highest BCUT2D eigenvalue weighted by atomic mass is 16.5. The molecule has 0 aliphatic heterocycles. The van der Waals surface area contributed by atoms with Gasteiger partial charge in [0.1, 0.15) is 11.5 Å². The van der Waals surface area contributed by atoms with Crippen LogP contribution in [0.25, 0.3) is 0 Å².